The summed E-state index contributed by atoms with van der Waals surface area (Å²) < 4.78 is 22.2. The Balaban J connectivity index is 1.07. The highest BCUT2D eigenvalue weighted by Gasteiger charge is 2.42. The number of thiocarbonyl (C=S) groups is 3. The molecular formula is C41H35N3O9S6. The maximum atomic E-state index is 13.8. The Morgan fingerprint density at radius 1 is 0.610 bits per heavy atom. The molecule has 3 aromatic rings. The van der Waals surface area contributed by atoms with Crippen LogP contribution in [0.25, 0.3) is 18.2 Å². The average Bonchev–Trinajstić information content (AvgIpc) is 3.77. The monoisotopic (exact) mass is 905 g/mol. The number of ether oxygens (including phenoxy) is 4. The normalized spacial score (nSPS) is 18.1. The highest BCUT2D eigenvalue weighted by molar-refractivity contribution is 8.27. The van der Waals surface area contributed by atoms with Crippen LogP contribution in [0, 0.1) is 0 Å². The molecule has 3 aromatic carbocycles. The van der Waals surface area contributed by atoms with E-state index in [0.29, 0.717) is 34.9 Å². The molecule has 304 valence electrons. The van der Waals surface area contributed by atoms with E-state index in [-0.39, 0.29) is 55.3 Å². The summed E-state index contributed by atoms with van der Waals surface area (Å²) in [7, 11) is 3.14. The molecule has 0 N–H and O–H groups in total. The van der Waals surface area contributed by atoms with Crippen LogP contribution in [0.2, 0.25) is 0 Å². The fraction of sp³-hybridized carbons (Fsp3) is 0.220. The van der Waals surface area contributed by atoms with E-state index < -0.39 is 23.9 Å². The summed E-state index contributed by atoms with van der Waals surface area (Å²) >= 11 is 19.8. The minimum Gasteiger partial charge on any atom is -0.497 e. The number of amides is 3. The van der Waals surface area contributed by atoms with Crippen molar-refractivity contribution in [3.8, 4) is 11.5 Å². The molecule has 3 fully saturated rings. The van der Waals surface area contributed by atoms with Gasteiger partial charge in [-0.25, -0.2) is 4.79 Å². The molecule has 18 heteroatoms. The molecule has 12 nitrogen and oxygen atoms in total. The molecule has 3 aliphatic heterocycles. The Bertz CT molecular complexity index is 2260. The molecule has 3 heterocycles. The molecule has 0 radical (unpaired) electrons. The summed E-state index contributed by atoms with van der Waals surface area (Å²) in [5.41, 5.74) is 2.34. The first-order chi connectivity index (χ1) is 28.4. The molecule has 59 heavy (non-hydrogen) atoms. The van der Waals surface area contributed by atoms with Crippen molar-refractivity contribution in [1.29, 1.82) is 0 Å². The molecule has 3 saturated heterocycles. The van der Waals surface area contributed by atoms with Crippen LogP contribution in [0.5, 0.6) is 11.5 Å². The number of hydrogen-bond donors (Lipinski definition) is 0. The fourth-order valence-corrected chi connectivity index (χ4v) is 9.78. The lowest BCUT2D eigenvalue weighted by molar-refractivity contribution is -0.153. The highest BCUT2D eigenvalue weighted by atomic mass is 32.2. The van der Waals surface area contributed by atoms with Crippen LogP contribution >= 0.6 is 71.9 Å². The van der Waals surface area contributed by atoms with Crippen molar-refractivity contribution in [1.82, 2.24) is 14.7 Å². The zero-order chi connectivity index (χ0) is 42.1. The molecule has 3 amide bonds. The standard InChI is InChI=1S/C41H35N3O9S6/c1-50-28-12-8-26(9-13-28)23-31-35(46)42(39(54)57-31)18-20-52-34(45)17-16-30(44-37(48)33(59-41(44)56)22-25-6-4-3-5-7-25)38(49)53-21-19-43-36(47)32(58-40(43)55)24-27-10-14-29(51-2)15-11-27/h3-15,22-24,30H,16-21H2,1-2H3/b31-23-,32-24-,33-22-. The maximum absolute atomic E-state index is 13.8. The molecule has 0 aromatic heterocycles. The van der Waals surface area contributed by atoms with Gasteiger partial charge in [-0.2, -0.15) is 0 Å². The van der Waals surface area contributed by atoms with Gasteiger partial charge in [-0.3, -0.25) is 33.9 Å². The molecule has 3 aliphatic rings. The molecule has 0 bridgehead atoms. The smallest absolute Gasteiger partial charge is 0.329 e. The van der Waals surface area contributed by atoms with E-state index in [0.717, 1.165) is 56.9 Å². The summed E-state index contributed by atoms with van der Waals surface area (Å²) in [4.78, 5) is 71.9. The van der Waals surface area contributed by atoms with Crippen LogP contribution in [0.3, 0.4) is 0 Å². The zero-order valence-electron chi connectivity index (χ0n) is 31.5. The summed E-state index contributed by atoms with van der Waals surface area (Å²) in [6, 6.07) is 22.3. The third-order valence-electron chi connectivity index (χ3n) is 8.84. The lowest BCUT2D eigenvalue weighted by Crippen LogP contribution is -2.45. The third kappa shape index (κ3) is 11.1. The molecule has 0 saturated carbocycles. The van der Waals surface area contributed by atoms with E-state index >= 15 is 0 Å². The van der Waals surface area contributed by atoms with Gasteiger partial charge in [0.15, 0.2) is 0 Å². The maximum Gasteiger partial charge on any atom is 0.329 e. The second-order valence-electron chi connectivity index (χ2n) is 12.6. The quantitative estimate of drug-likeness (QED) is 0.0835. The van der Waals surface area contributed by atoms with Crippen LogP contribution in [0.1, 0.15) is 29.5 Å². The van der Waals surface area contributed by atoms with Crippen LogP contribution in [-0.2, 0) is 33.4 Å². The Kier molecular flexibility index (Phi) is 15.1. The van der Waals surface area contributed by atoms with Crippen molar-refractivity contribution >= 4 is 133 Å². The molecule has 0 aliphatic carbocycles. The van der Waals surface area contributed by atoms with Crippen molar-refractivity contribution in [2.45, 2.75) is 18.9 Å². The lowest BCUT2D eigenvalue weighted by Gasteiger charge is -2.25. The van der Waals surface area contributed by atoms with Gasteiger partial charge in [-0.15, -0.1) is 0 Å². The number of nitrogens with zero attached hydrogens (tertiary/aromatic N) is 3. The Morgan fingerprint density at radius 3 is 1.54 bits per heavy atom. The van der Waals surface area contributed by atoms with Crippen molar-refractivity contribution in [3.63, 3.8) is 0 Å². The number of carbonyl (C=O) groups is 5. The number of benzene rings is 3. The Labute approximate surface area is 369 Å². The predicted octanol–water partition coefficient (Wildman–Crippen LogP) is 6.94. The second kappa shape index (κ2) is 20.4. The molecular weight excluding hydrogens is 871 g/mol. The fourth-order valence-electron chi connectivity index (χ4n) is 5.80. The Morgan fingerprint density at radius 2 is 1.05 bits per heavy atom. The minimum atomic E-state index is -1.28. The van der Waals surface area contributed by atoms with E-state index in [1.54, 1.807) is 56.7 Å². The molecule has 6 rings (SSSR count). The van der Waals surface area contributed by atoms with E-state index in [9.17, 15) is 24.0 Å². The van der Waals surface area contributed by atoms with E-state index in [1.165, 1.54) is 9.80 Å². The summed E-state index contributed by atoms with van der Waals surface area (Å²) in [6.07, 6.45) is 4.65. The van der Waals surface area contributed by atoms with Crippen LogP contribution in [-0.4, -0.2) is 104 Å². The first kappa shape index (κ1) is 43.7. The largest absolute Gasteiger partial charge is 0.497 e. The van der Waals surface area contributed by atoms with E-state index in [4.69, 9.17) is 55.6 Å². The van der Waals surface area contributed by atoms with Gasteiger partial charge in [0, 0.05) is 6.42 Å². The first-order valence-electron chi connectivity index (χ1n) is 17.9. The van der Waals surface area contributed by atoms with Crippen molar-refractivity contribution in [2.75, 3.05) is 40.5 Å². The van der Waals surface area contributed by atoms with Gasteiger partial charge in [0.1, 0.15) is 43.7 Å². The number of hydrogen-bond acceptors (Lipinski definition) is 15. The number of thioether (sulfide) groups is 3. The van der Waals surface area contributed by atoms with Crippen LogP contribution < -0.4 is 9.47 Å². The topological polar surface area (TPSA) is 132 Å². The number of methoxy groups -OCH3 is 2. The van der Waals surface area contributed by atoms with E-state index in [1.807, 2.05) is 54.6 Å². The predicted molar refractivity (Wildman–Crippen MR) is 242 cm³/mol. The summed E-state index contributed by atoms with van der Waals surface area (Å²) in [5, 5.41) is 0. The van der Waals surface area contributed by atoms with Crippen LogP contribution in [0.4, 0.5) is 0 Å². The number of carbonyl (C=O) groups excluding carboxylic acids is 5. The van der Waals surface area contributed by atoms with Crippen molar-refractivity contribution in [3.05, 3.63) is 110 Å². The van der Waals surface area contributed by atoms with Gasteiger partial charge in [-0.05, 0) is 65.6 Å². The Hall–Kier alpha value is -4.85. The molecule has 0 spiro atoms. The van der Waals surface area contributed by atoms with Gasteiger partial charge >= 0.3 is 11.9 Å². The average molecular weight is 906 g/mol. The SMILES string of the molecule is COc1ccc(/C=C2\SC(=S)N(CCOC(=O)CCC(C(=O)OCCN3C(=O)/C(=C/c4ccc(OC)cc4)SC3=S)N3C(=O)/C(=C/c4ccccc4)SC3=S)C2=O)cc1. The third-order valence-corrected chi connectivity index (χ3v) is 12.9. The van der Waals surface area contributed by atoms with E-state index in [2.05, 4.69) is 0 Å². The van der Waals surface area contributed by atoms with Gasteiger partial charge in [0.05, 0.1) is 42.0 Å². The van der Waals surface area contributed by atoms with Gasteiger partial charge in [-0.1, -0.05) is 127 Å². The van der Waals surface area contributed by atoms with Crippen molar-refractivity contribution < 1.29 is 42.9 Å². The summed E-state index contributed by atoms with van der Waals surface area (Å²) in [5.74, 6) is -1.30. The van der Waals surface area contributed by atoms with Crippen molar-refractivity contribution in [2.24, 2.45) is 0 Å². The van der Waals surface area contributed by atoms with Gasteiger partial charge < -0.3 is 18.9 Å². The van der Waals surface area contributed by atoms with Gasteiger partial charge in [0.2, 0.25) is 0 Å². The van der Waals surface area contributed by atoms with Crippen LogP contribution in [0.15, 0.2) is 93.6 Å². The first-order valence-corrected chi connectivity index (χ1v) is 21.6. The molecule has 1 unspecified atom stereocenters. The summed E-state index contributed by atoms with van der Waals surface area (Å²) in [6.45, 7) is -0.419. The number of esters is 2. The number of rotatable bonds is 16. The zero-order valence-corrected chi connectivity index (χ0v) is 36.4. The minimum absolute atomic E-state index is 0.0210. The molecule has 1 atom stereocenters. The van der Waals surface area contributed by atoms with Gasteiger partial charge in [0.25, 0.3) is 17.7 Å². The highest BCUT2D eigenvalue weighted by Crippen LogP contribution is 2.36. The second-order valence-corrected chi connectivity index (χ2v) is 17.6. The lowest BCUT2D eigenvalue weighted by atomic mass is 10.1.